The van der Waals surface area contributed by atoms with Crippen LogP contribution in [-0.4, -0.2) is 15.8 Å². The first-order chi connectivity index (χ1) is 32.3. The minimum absolute atomic E-state index is 0.122. The van der Waals surface area contributed by atoms with Gasteiger partial charge in [-0.05, 0) is 99.8 Å². The molecule has 0 radical (unpaired) electrons. The van der Waals surface area contributed by atoms with Gasteiger partial charge in [-0.3, -0.25) is 0 Å². The van der Waals surface area contributed by atoms with E-state index in [0.717, 1.165) is 39.0 Å². The summed E-state index contributed by atoms with van der Waals surface area (Å²) in [5.74, 6) is 0. The summed E-state index contributed by atoms with van der Waals surface area (Å²) < 4.78 is 11.9. The quantitative estimate of drug-likeness (QED) is 0.165. The summed E-state index contributed by atoms with van der Waals surface area (Å²) in [4.78, 5) is 2.56. The normalized spacial score (nSPS) is 12.9. The summed E-state index contributed by atoms with van der Waals surface area (Å²) in [6, 6.07) is 80.2. The summed E-state index contributed by atoms with van der Waals surface area (Å²) >= 11 is 0. The number of anilines is 3. The Morgan fingerprint density at radius 3 is 1.75 bits per heavy atom. The molecule has 2 aliphatic heterocycles. The molecule has 0 amide bonds. The standard InChI is InChI=1S/C60H36BN3O/c1-4-18-37(19-5-1)39-32-53-59-54(33-39)64-50-30-16-12-27-44(50)58-57-43-26-11-15-29-49(43)62(40-22-8-3-9-23-40)52(57)35-47(60(58)64)61(59)46-36-56-45(42-25-13-17-31-55(42)65-56)34-51(46)63(53)48-28-14-10-24-41(48)38-20-6-2-7-21-38/h1-36H. The van der Waals surface area contributed by atoms with E-state index in [4.69, 9.17) is 4.42 Å². The molecule has 0 fully saturated rings. The van der Waals surface area contributed by atoms with Crippen LogP contribution in [0, 0.1) is 0 Å². The number of rotatable bonds is 4. The summed E-state index contributed by atoms with van der Waals surface area (Å²) in [6.07, 6.45) is 0. The molecule has 5 heteroatoms. The Bertz CT molecular complexity index is 4130. The van der Waals surface area contributed by atoms with Crippen molar-refractivity contribution < 1.29 is 4.42 Å². The minimum atomic E-state index is -0.122. The molecule has 300 valence electrons. The number of para-hydroxylation sites is 5. The van der Waals surface area contributed by atoms with Crippen molar-refractivity contribution in [3.8, 4) is 33.6 Å². The number of nitrogens with zero attached hydrogens (tertiary/aromatic N) is 3. The van der Waals surface area contributed by atoms with Gasteiger partial charge in [0.25, 0.3) is 6.71 Å². The van der Waals surface area contributed by atoms with Crippen molar-refractivity contribution >= 4 is 106 Å². The molecule has 15 rings (SSSR count). The van der Waals surface area contributed by atoms with Crippen molar-refractivity contribution in [2.24, 2.45) is 0 Å². The average Bonchev–Trinajstić information content (AvgIpc) is 4.03. The third kappa shape index (κ3) is 4.71. The van der Waals surface area contributed by atoms with E-state index >= 15 is 0 Å². The second-order valence-electron chi connectivity index (χ2n) is 17.6. The molecule has 0 aliphatic carbocycles. The lowest BCUT2D eigenvalue weighted by Gasteiger charge is -2.41. The molecule has 0 saturated carbocycles. The van der Waals surface area contributed by atoms with Gasteiger partial charge in [-0.15, -0.1) is 0 Å². The highest BCUT2D eigenvalue weighted by Crippen LogP contribution is 2.49. The zero-order valence-corrected chi connectivity index (χ0v) is 35.1. The zero-order chi connectivity index (χ0) is 42.3. The second kappa shape index (κ2) is 13.0. The van der Waals surface area contributed by atoms with Crippen molar-refractivity contribution in [1.82, 2.24) is 9.13 Å². The number of benzene rings is 10. The van der Waals surface area contributed by atoms with Crippen molar-refractivity contribution in [2.45, 2.75) is 0 Å². The first-order valence-electron chi connectivity index (χ1n) is 22.5. The monoisotopic (exact) mass is 825 g/mol. The first-order valence-corrected chi connectivity index (χ1v) is 22.5. The van der Waals surface area contributed by atoms with Crippen LogP contribution in [0.2, 0.25) is 0 Å². The van der Waals surface area contributed by atoms with Crippen LogP contribution >= 0.6 is 0 Å². The smallest absolute Gasteiger partial charge is 0.252 e. The zero-order valence-electron chi connectivity index (χ0n) is 35.1. The van der Waals surface area contributed by atoms with E-state index in [0.29, 0.717) is 0 Å². The fraction of sp³-hybridized carbons (Fsp3) is 0. The number of hydrogen-bond acceptors (Lipinski definition) is 2. The van der Waals surface area contributed by atoms with Gasteiger partial charge in [0.2, 0.25) is 0 Å². The van der Waals surface area contributed by atoms with Crippen LogP contribution < -0.4 is 21.3 Å². The van der Waals surface area contributed by atoms with Crippen LogP contribution in [0.15, 0.2) is 223 Å². The second-order valence-corrected chi connectivity index (χ2v) is 17.6. The maximum absolute atomic E-state index is 6.81. The topological polar surface area (TPSA) is 26.2 Å². The van der Waals surface area contributed by atoms with Crippen LogP contribution in [0.5, 0.6) is 0 Å². The molecule has 0 bridgehead atoms. The van der Waals surface area contributed by atoms with Crippen LogP contribution in [0.3, 0.4) is 0 Å². The van der Waals surface area contributed by atoms with Crippen molar-refractivity contribution in [2.75, 3.05) is 4.90 Å². The number of furan rings is 1. The van der Waals surface area contributed by atoms with Gasteiger partial charge in [0.05, 0.1) is 27.8 Å². The third-order valence-electron chi connectivity index (χ3n) is 14.2. The van der Waals surface area contributed by atoms with Crippen molar-refractivity contribution in [3.05, 3.63) is 218 Å². The highest BCUT2D eigenvalue weighted by atomic mass is 16.3. The Morgan fingerprint density at radius 2 is 0.969 bits per heavy atom. The SMILES string of the molecule is c1ccc(-c2cc3c4c(c2)-n2c5ccccc5c5c6c7ccccc7n(-c7ccccc7)c6cc(c52)B4c2cc4oc5ccccc5c4cc2N3c2ccccc2-c2ccccc2)cc1. The largest absolute Gasteiger partial charge is 0.456 e. The molecule has 65 heavy (non-hydrogen) atoms. The first kappa shape index (κ1) is 35.0. The summed E-state index contributed by atoms with van der Waals surface area (Å²) in [7, 11) is 0. The number of hydrogen-bond donors (Lipinski definition) is 0. The van der Waals surface area contributed by atoms with Crippen molar-refractivity contribution in [1.29, 1.82) is 0 Å². The Kier molecular flexibility index (Phi) is 7.00. The van der Waals surface area contributed by atoms with Crippen LogP contribution in [0.1, 0.15) is 0 Å². The van der Waals surface area contributed by atoms with E-state index in [1.54, 1.807) is 0 Å². The molecule has 2 aliphatic rings. The molecule has 3 aromatic heterocycles. The molecular weight excluding hydrogens is 789 g/mol. The predicted octanol–water partition coefficient (Wildman–Crippen LogP) is 13.7. The molecule has 4 nitrogen and oxygen atoms in total. The van der Waals surface area contributed by atoms with Gasteiger partial charge >= 0.3 is 0 Å². The Balaban J connectivity index is 1.17. The summed E-state index contributed by atoms with van der Waals surface area (Å²) in [6.45, 7) is -0.122. The van der Waals surface area contributed by atoms with Gasteiger partial charge in [0.15, 0.2) is 0 Å². The lowest BCUT2D eigenvalue weighted by atomic mass is 9.33. The van der Waals surface area contributed by atoms with Crippen LogP contribution in [-0.2, 0) is 0 Å². The minimum Gasteiger partial charge on any atom is -0.456 e. The predicted molar refractivity (Wildman–Crippen MR) is 273 cm³/mol. The Hall–Kier alpha value is -8.54. The molecule has 13 aromatic rings. The Morgan fingerprint density at radius 1 is 0.354 bits per heavy atom. The highest BCUT2D eigenvalue weighted by molar-refractivity contribution is 7.00. The van der Waals surface area contributed by atoms with Gasteiger partial charge in [-0.1, -0.05) is 152 Å². The lowest BCUT2D eigenvalue weighted by Crippen LogP contribution is -2.60. The van der Waals surface area contributed by atoms with E-state index in [9.17, 15) is 0 Å². The molecular formula is C60H36BN3O. The summed E-state index contributed by atoms with van der Waals surface area (Å²) in [5.41, 5.74) is 21.0. The van der Waals surface area contributed by atoms with Gasteiger partial charge in [-0.2, -0.15) is 0 Å². The molecule has 0 N–H and O–H groups in total. The van der Waals surface area contributed by atoms with E-state index < -0.39 is 0 Å². The van der Waals surface area contributed by atoms with Crippen LogP contribution in [0.25, 0.3) is 99.2 Å². The molecule has 0 spiro atoms. The van der Waals surface area contributed by atoms with E-state index in [1.165, 1.54) is 93.6 Å². The van der Waals surface area contributed by atoms with Gasteiger partial charge in [0, 0.05) is 60.6 Å². The van der Waals surface area contributed by atoms with E-state index in [1.807, 2.05) is 0 Å². The molecule has 5 heterocycles. The highest BCUT2D eigenvalue weighted by Gasteiger charge is 2.44. The molecule has 0 saturated heterocycles. The lowest BCUT2D eigenvalue weighted by molar-refractivity contribution is 0.669. The fourth-order valence-corrected chi connectivity index (χ4v) is 11.7. The molecule has 0 atom stereocenters. The third-order valence-corrected chi connectivity index (χ3v) is 14.2. The van der Waals surface area contributed by atoms with Crippen molar-refractivity contribution in [3.63, 3.8) is 0 Å². The average molecular weight is 826 g/mol. The maximum atomic E-state index is 6.81. The number of fused-ring (bicyclic) bond motifs is 14. The van der Waals surface area contributed by atoms with Gasteiger partial charge in [-0.25, -0.2) is 0 Å². The Labute approximate surface area is 374 Å². The number of aromatic nitrogens is 2. The van der Waals surface area contributed by atoms with Gasteiger partial charge in [0.1, 0.15) is 11.2 Å². The van der Waals surface area contributed by atoms with Crippen LogP contribution in [0.4, 0.5) is 17.1 Å². The summed E-state index contributed by atoms with van der Waals surface area (Å²) in [5, 5.41) is 7.30. The maximum Gasteiger partial charge on any atom is 0.252 e. The van der Waals surface area contributed by atoms with E-state index in [-0.39, 0.29) is 6.71 Å². The van der Waals surface area contributed by atoms with Gasteiger partial charge < -0.3 is 18.5 Å². The molecule has 0 unspecified atom stereocenters. The fourth-order valence-electron chi connectivity index (χ4n) is 11.7. The van der Waals surface area contributed by atoms with E-state index in [2.05, 4.69) is 232 Å². The molecule has 10 aromatic carbocycles.